The van der Waals surface area contributed by atoms with E-state index in [-0.39, 0.29) is 6.04 Å². The highest BCUT2D eigenvalue weighted by Gasteiger charge is 2.42. The van der Waals surface area contributed by atoms with Gasteiger partial charge in [0.15, 0.2) is 0 Å². The van der Waals surface area contributed by atoms with Crippen LogP contribution in [0, 0.1) is 0 Å². The van der Waals surface area contributed by atoms with Gasteiger partial charge in [-0.05, 0) is 43.0 Å². The SMILES string of the molecule is COc1ccc(Br)c(C2C(N)CCN2C2CC2)c1. The fourth-order valence-electron chi connectivity index (χ4n) is 2.94. The molecule has 4 heteroatoms. The molecule has 1 heterocycles. The van der Waals surface area contributed by atoms with Gasteiger partial charge in [-0.2, -0.15) is 0 Å². The molecule has 2 fully saturated rings. The smallest absolute Gasteiger partial charge is 0.119 e. The zero-order chi connectivity index (χ0) is 12.7. The van der Waals surface area contributed by atoms with Crippen molar-refractivity contribution in [2.45, 2.75) is 37.4 Å². The first-order chi connectivity index (χ1) is 8.70. The van der Waals surface area contributed by atoms with Gasteiger partial charge in [0.1, 0.15) is 5.75 Å². The van der Waals surface area contributed by atoms with Crippen molar-refractivity contribution in [1.29, 1.82) is 0 Å². The minimum atomic E-state index is 0.231. The molecule has 0 aromatic heterocycles. The van der Waals surface area contributed by atoms with Crippen LogP contribution in [0.4, 0.5) is 0 Å². The zero-order valence-electron chi connectivity index (χ0n) is 10.6. The van der Waals surface area contributed by atoms with Crippen molar-refractivity contribution in [3.05, 3.63) is 28.2 Å². The number of hydrogen-bond acceptors (Lipinski definition) is 3. The third-order valence-corrected chi connectivity index (χ3v) is 4.74. The van der Waals surface area contributed by atoms with E-state index in [2.05, 4.69) is 33.0 Å². The maximum absolute atomic E-state index is 6.32. The van der Waals surface area contributed by atoms with Crippen molar-refractivity contribution in [1.82, 2.24) is 4.90 Å². The molecule has 18 heavy (non-hydrogen) atoms. The number of likely N-dealkylation sites (tertiary alicyclic amines) is 1. The molecule has 1 aliphatic heterocycles. The van der Waals surface area contributed by atoms with Crippen LogP contribution >= 0.6 is 15.9 Å². The molecule has 1 aromatic carbocycles. The summed E-state index contributed by atoms with van der Waals surface area (Å²) < 4.78 is 6.47. The summed E-state index contributed by atoms with van der Waals surface area (Å²) in [4.78, 5) is 2.57. The minimum absolute atomic E-state index is 0.231. The molecule has 2 unspecified atom stereocenters. The first-order valence-electron chi connectivity index (χ1n) is 6.55. The lowest BCUT2D eigenvalue weighted by Gasteiger charge is -2.28. The van der Waals surface area contributed by atoms with Crippen LogP contribution in [-0.2, 0) is 0 Å². The fraction of sp³-hybridized carbons (Fsp3) is 0.571. The standard InChI is InChI=1S/C14H19BrN2O/c1-18-10-4-5-12(15)11(8-10)14-13(16)6-7-17(14)9-2-3-9/h4-5,8-9,13-14H,2-3,6-7,16H2,1H3. The van der Waals surface area contributed by atoms with E-state index in [1.54, 1.807) is 7.11 Å². The predicted octanol–water partition coefficient (Wildman–Crippen LogP) is 2.69. The van der Waals surface area contributed by atoms with Crippen molar-refractivity contribution < 1.29 is 4.74 Å². The van der Waals surface area contributed by atoms with Crippen molar-refractivity contribution >= 4 is 15.9 Å². The van der Waals surface area contributed by atoms with Crippen LogP contribution in [0.1, 0.15) is 30.9 Å². The maximum Gasteiger partial charge on any atom is 0.119 e. The van der Waals surface area contributed by atoms with Gasteiger partial charge in [-0.25, -0.2) is 0 Å². The highest BCUT2D eigenvalue weighted by Crippen LogP contribution is 2.43. The van der Waals surface area contributed by atoms with Gasteiger partial charge in [0.25, 0.3) is 0 Å². The highest BCUT2D eigenvalue weighted by molar-refractivity contribution is 9.10. The van der Waals surface area contributed by atoms with Crippen LogP contribution in [0.15, 0.2) is 22.7 Å². The van der Waals surface area contributed by atoms with Crippen molar-refractivity contribution in [2.75, 3.05) is 13.7 Å². The van der Waals surface area contributed by atoms with Crippen molar-refractivity contribution in [3.63, 3.8) is 0 Å². The quantitative estimate of drug-likeness (QED) is 0.933. The van der Waals surface area contributed by atoms with Crippen molar-refractivity contribution in [2.24, 2.45) is 5.73 Å². The number of methoxy groups -OCH3 is 1. The third kappa shape index (κ3) is 2.17. The summed E-state index contributed by atoms with van der Waals surface area (Å²) in [5.74, 6) is 0.906. The predicted molar refractivity (Wildman–Crippen MR) is 75.8 cm³/mol. The Labute approximate surface area is 116 Å². The largest absolute Gasteiger partial charge is 0.497 e. The number of halogens is 1. The number of rotatable bonds is 3. The second-order valence-corrected chi connectivity index (χ2v) is 6.11. The monoisotopic (exact) mass is 310 g/mol. The molecule has 2 aliphatic rings. The number of benzene rings is 1. The van der Waals surface area contributed by atoms with E-state index in [4.69, 9.17) is 10.5 Å². The van der Waals surface area contributed by atoms with E-state index in [9.17, 15) is 0 Å². The Balaban J connectivity index is 1.95. The molecular formula is C14H19BrN2O. The molecule has 3 nitrogen and oxygen atoms in total. The van der Waals surface area contributed by atoms with Gasteiger partial charge in [0, 0.05) is 23.1 Å². The van der Waals surface area contributed by atoms with Gasteiger partial charge in [-0.1, -0.05) is 15.9 Å². The summed E-state index contributed by atoms with van der Waals surface area (Å²) >= 11 is 3.66. The minimum Gasteiger partial charge on any atom is -0.497 e. The van der Waals surface area contributed by atoms with Crippen molar-refractivity contribution in [3.8, 4) is 5.75 Å². The Bertz CT molecular complexity index is 447. The summed E-state index contributed by atoms with van der Waals surface area (Å²) in [6, 6.07) is 7.48. The maximum atomic E-state index is 6.32. The normalized spacial score (nSPS) is 28.6. The van der Waals surface area contributed by atoms with Crippen LogP contribution < -0.4 is 10.5 Å². The van der Waals surface area contributed by atoms with Gasteiger partial charge in [0.05, 0.1) is 13.2 Å². The second-order valence-electron chi connectivity index (χ2n) is 5.25. The molecule has 0 bridgehead atoms. The number of hydrogen-bond donors (Lipinski definition) is 1. The number of nitrogens with two attached hydrogens (primary N) is 1. The molecule has 1 aromatic rings. The summed E-state index contributed by atoms with van der Waals surface area (Å²) in [5, 5.41) is 0. The second kappa shape index (κ2) is 4.83. The summed E-state index contributed by atoms with van der Waals surface area (Å²) in [6.07, 6.45) is 3.74. The topological polar surface area (TPSA) is 38.5 Å². The van der Waals surface area contributed by atoms with E-state index < -0.39 is 0 Å². The average Bonchev–Trinajstić information content (AvgIpc) is 3.14. The fourth-order valence-corrected chi connectivity index (χ4v) is 3.42. The number of nitrogens with zero attached hydrogens (tertiary/aromatic N) is 1. The van der Waals surface area contributed by atoms with E-state index in [0.29, 0.717) is 6.04 Å². The van der Waals surface area contributed by atoms with Gasteiger partial charge in [0.2, 0.25) is 0 Å². The molecule has 1 saturated carbocycles. The molecular weight excluding hydrogens is 292 g/mol. The molecule has 1 saturated heterocycles. The van der Waals surface area contributed by atoms with Crippen LogP contribution in [-0.4, -0.2) is 30.6 Å². The summed E-state index contributed by atoms with van der Waals surface area (Å²) in [7, 11) is 1.71. The molecule has 0 radical (unpaired) electrons. The van der Waals surface area contributed by atoms with Crippen LogP contribution in [0.5, 0.6) is 5.75 Å². The molecule has 2 N–H and O–H groups in total. The molecule has 1 aliphatic carbocycles. The molecule has 0 spiro atoms. The Morgan fingerprint density at radius 2 is 2.11 bits per heavy atom. The van der Waals surface area contributed by atoms with Crippen LogP contribution in [0.2, 0.25) is 0 Å². The number of ether oxygens (including phenoxy) is 1. The van der Waals surface area contributed by atoms with Crippen LogP contribution in [0.25, 0.3) is 0 Å². The van der Waals surface area contributed by atoms with E-state index in [1.165, 1.54) is 18.4 Å². The first kappa shape index (κ1) is 12.5. The lowest BCUT2D eigenvalue weighted by molar-refractivity contribution is 0.236. The molecule has 98 valence electrons. The van der Waals surface area contributed by atoms with E-state index >= 15 is 0 Å². The molecule has 0 amide bonds. The van der Waals surface area contributed by atoms with E-state index in [0.717, 1.165) is 29.2 Å². The van der Waals surface area contributed by atoms with E-state index in [1.807, 2.05) is 6.07 Å². The zero-order valence-corrected chi connectivity index (χ0v) is 12.2. The van der Waals surface area contributed by atoms with Gasteiger partial charge in [-0.3, -0.25) is 4.90 Å². The first-order valence-corrected chi connectivity index (χ1v) is 7.35. The van der Waals surface area contributed by atoms with Crippen LogP contribution in [0.3, 0.4) is 0 Å². The Hall–Kier alpha value is -0.580. The lowest BCUT2D eigenvalue weighted by atomic mass is 10.0. The van der Waals surface area contributed by atoms with Gasteiger partial charge >= 0.3 is 0 Å². The molecule has 3 rings (SSSR count). The summed E-state index contributed by atoms with van der Waals surface area (Å²) in [6.45, 7) is 1.13. The Kier molecular flexibility index (Phi) is 3.34. The third-order valence-electron chi connectivity index (χ3n) is 4.02. The Morgan fingerprint density at radius 3 is 2.78 bits per heavy atom. The average molecular weight is 311 g/mol. The summed E-state index contributed by atoms with van der Waals surface area (Å²) in [5.41, 5.74) is 7.59. The van der Waals surface area contributed by atoms with Gasteiger partial charge in [-0.15, -0.1) is 0 Å². The van der Waals surface area contributed by atoms with Gasteiger partial charge < -0.3 is 10.5 Å². The Morgan fingerprint density at radius 1 is 1.33 bits per heavy atom. The molecule has 2 atom stereocenters. The highest BCUT2D eigenvalue weighted by atomic mass is 79.9. The lowest BCUT2D eigenvalue weighted by Crippen LogP contribution is -2.33.